The smallest absolute Gasteiger partial charge is 0.274 e. The summed E-state index contributed by atoms with van der Waals surface area (Å²) in [5.41, 5.74) is 7.57. The molecule has 12 N–H and O–H groups in total. The molecule has 1 aliphatic carbocycles. The van der Waals surface area contributed by atoms with E-state index in [1.165, 1.54) is 4.57 Å². The molecule has 0 aromatic carbocycles. The Hall–Kier alpha value is -4.07. The molecule has 2 aromatic rings. The maximum Gasteiger partial charge on any atom is 0.274 e. The number of sulfonamides is 1. The van der Waals surface area contributed by atoms with E-state index in [0.29, 0.717) is 0 Å². The summed E-state index contributed by atoms with van der Waals surface area (Å²) >= 11 is 0. The molecule has 0 radical (unpaired) electrons. The molecule has 59 heavy (non-hydrogen) atoms. The first kappa shape index (κ1) is 44.5. The minimum atomic E-state index is -5.94. The van der Waals surface area contributed by atoms with Crippen molar-refractivity contribution in [3.63, 3.8) is 0 Å². The number of aromatic nitrogens is 4. The third-order valence-corrected chi connectivity index (χ3v) is 12.8. The second-order valence-corrected chi connectivity index (χ2v) is 18.1. The number of carboxylic acids is 1. The number of ether oxygens (including phenoxy) is 2. The number of carboxylic acid groups (broad SMARTS) is 1. The maximum atomic E-state index is 12.6. The van der Waals surface area contributed by atoms with Crippen LogP contribution in [0, 0.1) is 5.92 Å². The lowest BCUT2D eigenvalue weighted by Gasteiger charge is -2.40. The molecular weight excluding hydrogens is 864 g/mol. The zero-order valence-electron chi connectivity index (χ0n) is 29.5. The van der Waals surface area contributed by atoms with Gasteiger partial charge in [-0.3, -0.25) is 23.3 Å². The highest BCUT2D eigenvalue weighted by atomic mass is 32.2. The van der Waals surface area contributed by atoms with Crippen LogP contribution in [0.2, 0.25) is 0 Å². The van der Waals surface area contributed by atoms with E-state index in [-0.39, 0.29) is 17.0 Å². The molecule has 3 aliphatic heterocycles. The Balaban J connectivity index is 1.11. The number of carbonyl (C=O) groups excluding carboxylic acids is 3. The van der Waals surface area contributed by atoms with Crippen molar-refractivity contribution in [1.29, 1.82) is 0 Å². The molecule has 4 aliphatic rings. The molecule has 326 valence electrons. The number of nitrogens with one attached hydrogen (secondary N) is 1. The quantitative estimate of drug-likeness (QED) is 0.0750. The van der Waals surface area contributed by atoms with Crippen molar-refractivity contribution < 1.29 is 95.2 Å². The summed E-state index contributed by atoms with van der Waals surface area (Å²) in [6.07, 6.45) is -12.9. The molecule has 2 aromatic heterocycles. The van der Waals surface area contributed by atoms with E-state index in [1.807, 2.05) is 5.32 Å². The molecule has 2 amide bonds. The molecule has 0 spiro atoms. The van der Waals surface area contributed by atoms with Gasteiger partial charge < -0.3 is 85.4 Å². The topological polar surface area (TPSA) is 473 Å². The third-order valence-electron chi connectivity index (χ3n) is 9.64. The molecule has 3 fully saturated rings. The summed E-state index contributed by atoms with van der Waals surface area (Å²) in [7, 11) is -16.3. The summed E-state index contributed by atoms with van der Waals surface area (Å²) in [6.45, 7) is -2.36. The first-order chi connectivity index (χ1) is 27.4. The van der Waals surface area contributed by atoms with Gasteiger partial charge in [-0.15, -0.1) is 0 Å². The largest absolute Gasteiger partial charge is 0.756 e. The van der Waals surface area contributed by atoms with E-state index in [1.54, 1.807) is 0 Å². The lowest BCUT2D eigenvalue weighted by Crippen LogP contribution is -2.66. The number of nitrogens with two attached hydrogens (primary N) is 3. The summed E-state index contributed by atoms with van der Waals surface area (Å²) in [5.74, 6) is -7.67. The number of carbonyl (C=O) groups is 3. The number of hydrogen-bond donors (Lipinski definition) is 9. The number of aliphatic hydroxyl groups excluding tert-OH is 5. The number of fused-ring (bicyclic) bond motifs is 2. The molecule has 29 nitrogen and oxygen atoms in total. The van der Waals surface area contributed by atoms with Gasteiger partial charge in [0, 0.05) is 23.9 Å². The van der Waals surface area contributed by atoms with Crippen LogP contribution >= 0.6 is 15.6 Å². The van der Waals surface area contributed by atoms with Gasteiger partial charge in [0.15, 0.2) is 23.9 Å². The van der Waals surface area contributed by atoms with Gasteiger partial charge in [0.05, 0.1) is 31.6 Å². The lowest BCUT2D eigenvalue weighted by atomic mass is 9.84. The van der Waals surface area contributed by atoms with E-state index in [9.17, 15) is 72.4 Å². The number of hydrogen-bond acceptors (Lipinski definition) is 25. The zero-order valence-corrected chi connectivity index (χ0v) is 32.1. The fraction of sp³-hybridized carbons (Fsp3) is 0.556. The number of rotatable bonds is 15. The first-order valence-corrected chi connectivity index (χ1v) is 21.3. The van der Waals surface area contributed by atoms with E-state index in [2.05, 4.69) is 28.3 Å². The molecule has 6 rings (SSSR count). The first-order valence-electron chi connectivity index (χ1n) is 16.7. The predicted molar refractivity (Wildman–Crippen MR) is 180 cm³/mol. The number of imidazole rings is 1. The highest BCUT2D eigenvalue weighted by Crippen LogP contribution is 2.56. The number of primary sulfonamides is 1. The number of primary amides is 1. The predicted octanol–water partition coefficient (Wildman–Crippen LogP) is -8.70. The summed E-state index contributed by atoms with van der Waals surface area (Å²) in [5, 5.41) is 72.7. The van der Waals surface area contributed by atoms with Gasteiger partial charge in [-0.05, 0) is 12.0 Å². The van der Waals surface area contributed by atoms with Crippen LogP contribution in [0.25, 0.3) is 11.2 Å². The van der Waals surface area contributed by atoms with Crippen LogP contribution in [-0.4, -0.2) is 150 Å². The average Bonchev–Trinajstić information content (AvgIpc) is 3.84. The van der Waals surface area contributed by atoms with Crippen LogP contribution in [0.5, 0.6) is 0 Å². The van der Waals surface area contributed by atoms with Crippen LogP contribution in [0.4, 0.5) is 5.82 Å². The number of phosphoric acid groups is 2. The van der Waals surface area contributed by atoms with Gasteiger partial charge in [0.2, 0.25) is 21.8 Å². The zero-order chi connectivity index (χ0) is 43.6. The maximum absolute atomic E-state index is 12.6. The molecule has 2 saturated heterocycles. The van der Waals surface area contributed by atoms with Crippen molar-refractivity contribution in [3.05, 3.63) is 36.2 Å². The fourth-order valence-electron chi connectivity index (χ4n) is 6.98. The van der Waals surface area contributed by atoms with Crippen molar-refractivity contribution in [2.24, 2.45) is 16.8 Å². The third kappa shape index (κ3) is 8.75. The second-order valence-electron chi connectivity index (χ2n) is 13.5. The van der Waals surface area contributed by atoms with Crippen molar-refractivity contribution >= 4 is 60.4 Å². The van der Waals surface area contributed by atoms with Gasteiger partial charge in [0.25, 0.3) is 15.6 Å². The van der Waals surface area contributed by atoms with Gasteiger partial charge in [-0.2, -0.15) is 0 Å². The number of amides is 2. The number of nitrogen functional groups attached to an aromatic ring is 1. The highest BCUT2D eigenvalue weighted by molar-refractivity contribution is 7.89. The lowest BCUT2D eigenvalue weighted by molar-refractivity contribution is -0.315. The Morgan fingerprint density at radius 1 is 0.949 bits per heavy atom. The van der Waals surface area contributed by atoms with Crippen molar-refractivity contribution in [2.45, 2.75) is 67.1 Å². The molecule has 1 saturated carbocycles. The SMILES string of the molecule is NC(=O)C1=CN([C@@H]2O[C@H](COP(=O)([O-])OP(=O)([O-])OC[C@H]3O[C@@H](n4cnc5c(N)ncnc54)[C@H](O)[C@@H]3O)[C@@H](O)[C@H]2O)C=C2[C@H]1C[C@H](O)[C@@]2(NC(=O)CS(N)(=O)=O)C(=O)[O-]. The van der Waals surface area contributed by atoms with Crippen LogP contribution < -0.4 is 36.8 Å². The number of aliphatic hydroxyl groups is 5. The van der Waals surface area contributed by atoms with Crippen LogP contribution in [-0.2, 0) is 56.4 Å². The normalized spacial score (nSPS) is 34.1. The summed E-state index contributed by atoms with van der Waals surface area (Å²) in [6, 6.07) is 0. The van der Waals surface area contributed by atoms with Gasteiger partial charge >= 0.3 is 0 Å². The minimum absolute atomic E-state index is 0.0164. The van der Waals surface area contributed by atoms with Gasteiger partial charge in [-0.1, -0.05) is 0 Å². The van der Waals surface area contributed by atoms with Crippen molar-refractivity contribution in [1.82, 2.24) is 29.7 Å². The second kappa shape index (κ2) is 16.1. The van der Waals surface area contributed by atoms with Crippen LogP contribution in [0.3, 0.4) is 0 Å². The molecule has 5 heterocycles. The Bertz CT molecular complexity index is 2300. The number of anilines is 1. The monoisotopic (exact) mass is 898 g/mol. The number of phosphoric ester groups is 2. The van der Waals surface area contributed by atoms with Crippen LogP contribution in [0.1, 0.15) is 12.6 Å². The number of aliphatic carboxylic acids is 1. The Morgan fingerprint density at radius 3 is 2.08 bits per heavy atom. The van der Waals surface area contributed by atoms with E-state index in [4.69, 9.17) is 26.1 Å². The van der Waals surface area contributed by atoms with E-state index < -0.39 is 147 Å². The molecular formula is C27H34N9O20P2S-3. The summed E-state index contributed by atoms with van der Waals surface area (Å²) in [4.78, 5) is 75.1. The average molecular weight is 899 g/mol. The fourth-order valence-corrected chi connectivity index (χ4v) is 9.43. The van der Waals surface area contributed by atoms with E-state index in [0.717, 1.165) is 30.0 Å². The Labute approximate surface area is 329 Å². The Kier molecular flexibility index (Phi) is 12.1. The minimum Gasteiger partial charge on any atom is -0.756 e. The van der Waals surface area contributed by atoms with Crippen molar-refractivity contribution in [3.8, 4) is 0 Å². The molecule has 2 unspecified atom stereocenters. The molecule has 0 bridgehead atoms. The van der Waals surface area contributed by atoms with Gasteiger partial charge in [0.1, 0.15) is 59.8 Å². The highest BCUT2D eigenvalue weighted by Gasteiger charge is 2.57. The molecule has 13 atom stereocenters. The van der Waals surface area contributed by atoms with Crippen molar-refractivity contribution in [2.75, 3.05) is 24.7 Å². The Morgan fingerprint density at radius 2 is 1.53 bits per heavy atom. The van der Waals surface area contributed by atoms with Crippen LogP contribution in [0.15, 0.2) is 36.2 Å². The molecule has 32 heteroatoms. The van der Waals surface area contributed by atoms with E-state index >= 15 is 0 Å². The standard InChI is InChI=1S/C27H37N9O20P2S/c28-21-16-23(32-7-31-21)36(8-33-16)25-20(42)18(40)13(55-25)5-53-58(48,49)56-57(46,47)52-4-12-17(39)19(41)24(54-12)35-2-10(22(29)43)9-1-14(37)27(26(44)45,11(9)3-35)34-15(38)6-59(30,50)51/h2-3,7-9,12-14,17-20,24-25,37,39-42H,1,4-6H2,(H2,29,43)(H,34,38)(H,44,45)(H,46,47)(H,48,49)(H2,28,31,32)(H2,30,50,51)/p-3/t9-,12+,13+,14-,17+,18+,19+,20+,24+,25+,27+/m0/s1. The summed E-state index contributed by atoms with van der Waals surface area (Å²) < 4.78 is 73.4. The van der Waals surface area contributed by atoms with Gasteiger partial charge in [-0.25, -0.2) is 32.8 Å². The number of nitrogens with zero attached hydrogens (tertiary/aromatic N) is 5.